The fraction of sp³-hybridized carbons (Fsp3) is 0.130. The summed E-state index contributed by atoms with van der Waals surface area (Å²) in [6.45, 7) is 2.01. The summed E-state index contributed by atoms with van der Waals surface area (Å²) in [7, 11) is 1.64. The summed E-state index contributed by atoms with van der Waals surface area (Å²) in [5.74, 6) is 1.25. The number of benzene rings is 2. The van der Waals surface area contributed by atoms with Crippen molar-refractivity contribution in [1.29, 1.82) is 0 Å². The van der Waals surface area contributed by atoms with Crippen LogP contribution in [0.2, 0.25) is 0 Å². The molecule has 5 heteroatoms. The number of ether oxygens (including phenoxy) is 1. The largest absolute Gasteiger partial charge is 0.497 e. The molecule has 2 aromatic carbocycles. The summed E-state index contributed by atoms with van der Waals surface area (Å²) >= 11 is 0. The van der Waals surface area contributed by atoms with Crippen molar-refractivity contribution in [2.24, 2.45) is 0 Å². The highest BCUT2D eigenvalue weighted by molar-refractivity contribution is 5.86. The van der Waals surface area contributed by atoms with Crippen LogP contribution >= 0.6 is 0 Å². The molecule has 0 spiro atoms. The lowest BCUT2D eigenvalue weighted by atomic mass is 10.0. The third-order valence-electron chi connectivity index (χ3n) is 5.04. The normalized spacial score (nSPS) is 12.1. The number of nitrogens with zero attached hydrogens (tertiary/aromatic N) is 2. The molecule has 0 fully saturated rings. The molecule has 2 heterocycles. The maximum atomic E-state index is 13.1. The predicted octanol–water partition coefficient (Wildman–Crippen LogP) is 4.26. The molecule has 4 rings (SSSR count). The topological polar surface area (TPSA) is 70.1 Å². The fourth-order valence-electron chi connectivity index (χ4n) is 3.44. The van der Waals surface area contributed by atoms with Crippen molar-refractivity contribution < 1.29 is 4.74 Å². The summed E-state index contributed by atoms with van der Waals surface area (Å²) in [6.07, 6.45) is 3.53. The highest BCUT2D eigenvalue weighted by Gasteiger charge is 2.12. The fourth-order valence-corrected chi connectivity index (χ4v) is 3.44. The molecule has 0 radical (unpaired) electrons. The number of hydrogen-bond acceptors (Lipinski definition) is 4. The van der Waals surface area contributed by atoms with E-state index in [2.05, 4.69) is 4.98 Å². The van der Waals surface area contributed by atoms with Gasteiger partial charge in [0.15, 0.2) is 0 Å². The summed E-state index contributed by atoms with van der Waals surface area (Å²) < 4.78 is 7.06. The Bertz CT molecular complexity index is 1210. The minimum Gasteiger partial charge on any atom is -0.497 e. The number of nitrogen functional groups attached to an aromatic ring is 1. The first-order valence-corrected chi connectivity index (χ1v) is 9.07. The van der Waals surface area contributed by atoms with Crippen molar-refractivity contribution in [3.8, 4) is 16.9 Å². The van der Waals surface area contributed by atoms with Gasteiger partial charge in [-0.05, 0) is 71.5 Å². The standard InChI is InChI=1S/C23H21N3O2/c1-15(16-4-3-5-20(13-16)28-2)26-11-9-19-12-17(6-7-21(19)23(26)27)18-8-10-25-22(24)14-18/h3-15H,1-2H3,(H2,24,25). The molecule has 0 bridgehead atoms. The van der Waals surface area contributed by atoms with Gasteiger partial charge in [0.05, 0.1) is 13.2 Å². The summed E-state index contributed by atoms with van der Waals surface area (Å²) in [5, 5.41) is 1.58. The van der Waals surface area contributed by atoms with Crippen LogP contribution in [0.3, 0.4) is 0 Å². The smallest absolute Gasteiger partial charge is 0.258 e. The lowest BCUT2D eigenvalue weighted by molar-refractivity contribution is 0.413. The molecule has 5 nitrogen and oxygen atoms in total. The number of fused-ring (bicyclic) bond motifs is 1. The van der Waals surface area contributed by atoms with Gasteiger partial charge < -0.3 is 15.0 Å². The summed E-state index contributed by atoms with van der Waals surface area (Å²) in [5.41, 5.74) is 8.76. The lowest BCUT2D eigenvalue weighted by Crippen LogP contribution is -2.23. The second-order valence-electron chi connectivity index (χ2n) is 6.75. The molecule has 0 aliphatic rings. The van der Waals surface area contributed by atoms with Crippen LogP contribution in [-0.4, -0.2) is 16.7 Å². The van der Waals surface area contributed by atoms with Crippen LogP contribution < -0.4 is 16.0 Å². The number of hydrogen-bond donors (Lipinski definition) is 1. The molecule has 4 aromatic rings. The van der Waals surface area contributed by atoms with Crippen molar-refractivity contribution in [2.75, 3.05) is 12.8 Å². The van der Waals surface area contributed by atoms with Crippen LogP contribution in [0.1, 0.15) is 18.5 Å². The number of pyridine rings is 2. The van der Waals surface area contributed by atoms with Crippen LogP contribution in [0.25, 0.3) is 21.9 Å². The monoisotopic (exact) mass is 371 g/mol. The van der Waals surface area contributed by atoms with E-state index in [1.165, 1.54) is 0 Å². The Hall–Kier alpha value is -3.60. The van der Waals surface area contributed by atoms with Gasteiger partial charge in [-0.2, -0.15) is 0 Å². The molecule has 1 unspecified atom stereocenters. The van der Waals surface area contributed by atoms with Gasteiger partial charge in [-0.25, -0.2) is 4.98 Å². The molecule has 0 aliphatic carbocycles. The molecule has 0 aliphatic heterocycles. The maximum Gasteiger partial charge on any atom is 0.258 e. The second kappa shape index (κ2) is 7.19. The van der Waals surface area contributed by atoms with Crippen molar-refractivity contribution in [1.82, 2.24) is 9.55 Å². The van der Waals surface area contributed by atoms with E-state index in [4.69, 9.17) is 10.5 Å². The van der Waals surface area contributed by atoms with Gasteiger partial charge in [0.25, 0.3) is 5.56 Å². The zero-order valence-corrected chi connectivity index (χ0v) is 15.8. The number of anilines is 1. The molecule has 140 valence electrons. The highest BCUT2D eigenvalue weighted by atomic mass is 16.5. The SMILES string of the molecule is COc1cccc(C(C)n2ccc3cc(-c4ccnc(N)c4)ccc3c2=O)c1. The molecular weight excluding hydrogens is 350 g/mol. The molecular formula is C23H21N3O2. The Morgan fingerprint density at radius 3 is 2.64 bits per heavy atom. The summed E-state index contributed by atoms with van der Waals surface area (Å²) in [6, 6.07) is 19.2. The van der Waals surface area contributed by atoms with E-state index in [1.807, 2.05) is 73.8 Å². The Balaban J connectivity index is 1.77. The third-order valence-corrected chi connectivity index (χ3v) is 5.04. The van der Waals surface area contributed by atoms with E-state index in [9.17, 15) is 4.79 Å². The van der Waals surface area contributed by atoms with Crippen LogP contribution in [0, 0.1) is 0 Å². The summed E-state index contributed by atoms with van der Waals surface area (Å²) in [4.78, 5) is 17.1. The lowest BCUT2D eigenvalue weighted by Gasteiger charge is -2.17. The van der Waals surface area contributed by atoms with Crippen molar-refractivity contribution in [2.45, 2.75) is 13.0 Å². The van der Waals surface area contributed by atoms with Gasteiger partial charge in [-0.1, -0.05) is 18.2 Å². The Kier molecular flexibility index (Phi) is 4.57. The first kappa shape index (κ1) is 17.8. The maximum absolute atomic E-state index is 13.1. The Morgan fingerprint density at radius 2 is 1.86 bits per heavy atom. The van der Waals surface area contributed by atoms with Gasteiger partial charge in [0.1, 0.15) is 11.6 Å². The van der Waals surface area contributed by atoms with E-state index in [-0.39, 0.29) is 11.6 Å². The van der Waals surface area contributed by atoms with Gasteiger partial charge in [0.2, 0.25) is 0 Å². The predicted molar refractivity (Wildman–Crippen MR) is 113 cm³/mol. The molecule has 0 amide bonds. The van der Waals surface area contributed by atoms with Crippen LogP contribution in [0.15, 0.2) is 77.9 Å². The molecule has 2 N–H and O–H groups in total. The first-order chi connectivity index (χ1) is 13.6. The average molecular weight is 371 g/mol. The van der Waals surface area contributed by atoms with Crippen LogP contribution in [0.4, 0.5) is 5.82 Å². The van der Waals surface area contributed by atoms with Crippen molar-refractivity contribution in [3.05, 3.63) is 89.0 Å². The number of aromatic nitrogens is 2. The van der Waals surface area contributed by atoms with E-state index in [0.29, 0.717) is 11.2 Å². The molecule has 0 saturated carbocycles. The van der Waals surface area contributed by atoms with E-state index in [0.717, 1.165) is 27.8 Å². The highest BCUT2D eigenvalue weighted by Crippen LogP contribution is 2.25. The van der Waals surface area contributed by atoms with Gasteiger partial charge >= 0.3 is 0 Å². The van der Waals surface area contributed by atoms with E-state index >= 15 is 0 Å². The Labute approximate surface area is 163 Å². The molecule has 1 atom stereocenters. The molecule has 2 aromatic heterocycles. The van der Waals surface area contributed by atoms with Gasteiger partial charge in [-0.15, -0.1) is 0 Å². The van der Waals surface area contributed by atoms with Gasteiger partial charge in [-0.3, -0.25) is 4.79 Å². The van der Waals surface area contributed by atoms with Gasteiger partial charge in [0, 0.05) is 17.8 Å². The minimum atomic E-state index is -0.105. The molecule has 28 heavy (non-hydrogen) atoms. The zero-order valence-electron chi connectivity index (χ0n) is 15.8. The van der Waals surface area contributed by atoms with E-state index in [1.54, 1.807) is 17.9 Å². The Morgan fingerprint density at radius 1 is 1.04 bits per heavy atom. The van der Waals surface area contributed by atoms with Crippen molar-refractivity contribution in [3.63, 3.8) is 0 Å². The number of methoxy groups -OCH3 is 1. The van der Waals surface area contributed by atoms with Crippen LogP contribution in [0.5, 0.6) is 5.75 Å². The first-order valence-electron chi connectivity index (χ1n) is 9.07. The number of nitrogens with two attached hydrogens (primary N) is 1. The third kappa shape index (κ3) is 3.22. The minimum absolute atomic E-state index is 0.0198. The van der Waals surface area contributed by atoms with Crippen molar-refractivity contribution >= 4 is 16.6 Å². The number of rotatable bonds is 4. The quantitative estimate of drug-likeness (QED) is 0.582. The second-order valence-corrected chi connectivity index (χ2v) is 6.75. The van der Waals surface area contributed by atoms with E-state index < -0.39 is 0 Å². The average Bonchev–Trinajstić information content (AvgIpc) is 2.73. The molecule has 0 saturated heterocycles. The zero-order chi connectivity index (χ0) is 19.7. The van der Waals surface area contributed by atoms with Crippen LogP contribution in [-0.2, 0) is 0 Å².